The van der Waals surface area contributed by atoms with E-state index in [0.29, 0.717) is 30.9 Å². The van der Waals surface area contributed by atoms with Gasteiger partial charge >= 0.3 is 12.1 Å². The molecule has 1 fully saturated rings. The van der Waals surface area contributed by atoms with E-state index in [1.54, 1.807) is 31.4 Å². The molecule has 192 valence electrons. The average molecular weight is 503 g/mol. The third kappa shape index (κ3) is 7.10. The molecule has 8 heteroatoms. The predicted octanol–water partition coefficient (Wildman–Crippen LogP) is 4.13. The minimum atomic E-state index is -0.945. The Morgan fingerprint density at radius 2 is 1.51 bits per heavy atom. The van der Waals surface area contributed by atoms with Crippen LogP contribution in [-0.2, 0) is 27.4 Å². The van der Waals surface area contributed by atoms with Crippen molar-refractivity contribution in [3.63, 3.8) is 0 Å². The van der Waals surface area contributed by atoms with Crippen molar-refractivity contribution in [3.05, 3.63) is 96.1 Å². The van der Waals surface area contributed by atoms with E-state index in [1.807, 2.05) is 60.7 Å². The molecule has 0 aromatic heterocycles. The molecule has 4 rings (SSSR count). The maximum Gasteiger partial charge on any atom is 0.410 e. The Hall–Kier alpha value is -4.33. The summed E-state index contributed by atoms with van der Waals surface area (Å²) in [6.45, 7) is 0.528. The highest BCUT2D eigenvalue weighted by Gasteiger charge is 2.37. The number of likely N-dealkylation sites (tertiary alicyclic amines) is 1. The van der Waals surface area contributed by atoms with Crippen LogP contribution in [0.3, 0.4) is 0 Å². The molecule has 3 aromatic carbocycles. The van der Waals surface area contributed by atoms with E-state index in [0.717, 1.165) is 11.1 Å². The van der Waals surface area contributed by atoms with E-state index in [-0.39, 0.29) is 13.0 Å². The Balaban J connectivity index is 1.43. The normalized spacial score (nSPS) is 15.5. The van der Waals surface area contributed by atoms with Gasteiger partial charge in [0.05, 0.1) is 7.11 Å². The standard InChI is InChI=1S/C29H30N2O6/c1-35-23-14-16-24(17-15-23)37-28(33)25(19-21-9-4-2-5-10-21)30-27(32)26-13-8-18-31(26)29(34)36-20-22-11-6-3-7-12-22/h2-7,9-12,14-17,25-26H,8,13,18-20H2,1H3,(H,30,32)/t25-,26-/m0/s1. The molecule has 1 saturated heterocycles. The second kappa shape index (κ2) is 12.6. The molecule has 1 aliphatic heterocycles. The fourth-order valence-electron chi connectivity index (χ4n) is 4.20. The van der Waals surface area contributed by atoms with Gasteiger partial charge < -0.3 is 19.5 Å². The first-order valence-corrected chi connectivity index (χ1v) is 12.2. The van der Waals surface area contributed by atoms with Crippen LogP contribution in [0.15, 0.2) is 84.9 Å². The summed E-state index contributed by atoms with van der Waals surface area (Å²) in [6.07, 6.45) is 0.838. The lowest BCUT2D eigenvalue weighted by Crippen LogP contribution is -2.52. The lowest BCUT2D eigenvalue weighted by atomic mass is 10.1. The molecule has 1 heterocycles. The fourth-order valence-corrected chi connectivity index (χ4v) is 4.20. The van der Waals surface area contributed by atoms with Crippen LogP contribution in [0, 0.1) is 0 Å². The largest absolute Gasteiger partial charge is 0.497 e. The molecule has 37 heavy (non-hydrogen) atoms. The van der Waals surface area contributed by atoms with E-state index in [4.69, 9.17) is 14.2 Å². The molecule has 0 bridgehead atoms. The van der Waals surface area contributed by atoms with Gasteiger partial charge in [0.1, 0.15) is 30.2 Å². The van der Waals surface area contributed by atoms with E-state index in [2.05, 4.69) is 5.32 Å². The smallest absolute Gasteiger partial charge is 0.410 e. The number of nitrogens with zero attached hydrogens (tertiary/aromatic N) is 1. The minimum absolute atomic E-state index is 0.120. The summed E-state index contributed by atoms with van der Waals surface area (Å²) in [5.41, 5.74) is 1.73. The van der Waals surface area contributed by atoms with Crippen molar-refractivity contribution >= 4 is 18.0 Å². The zero-order valence-corrected chi connectivity index (χ0v) is 20.7. The number of carbonyl (C=O) groups is 3. The fraction of sp³-hybridized carbons (Fsp3) is 0.276. The number of esters is 1. The van der Waals surface area contributed by atoms with Crippen LogP contribution in [-0.4, -0.2) is 48.6 Å². The van der Waals surface area contributed by atoms with Gasteiger partial charge in [-0.15, -0.1) is 0 Å². The van der Waals surface area contributed by atoms with Crippen LogP contribution >= 0.6 is 0 Å². The van der Waals surface area contributed by atoms with Crippen LogP contribution in [0.4, 0.5) is 4.79 Å². The third-order valence-electron chi connectivity index (χ3n) is 6.16. The van der Waals surface area contributed by atoms with E-state index < -0.39 is 30.1 Å². The third-order valence-corrected chi connectivity index (χ3v) is 6.16. The van der Waals surface area contributed by atoms with E-state index in [1.165, 1.54) is 4.90 Å². The Morgan fingerprint density at radius 3 is 2.16 bits per heavy atom. The minimum Gasteiger partial charge on any atom is -0.497 e. The molecular formula is C29H30N2O6. The maximum absolute atomic E-state index is 13.3. The van der Waals surface area contributed by atoms with Gasteiger partial charge in [0.25, 0.3) is 0 Å². The SMILES string of the molecule is COc1ccc(OC(=O)[C@H](Cc2ccccc2)NC(=O)[C@@H]2CCCN2C(=O)OCc2ccccc2)cc1. The van der Waals surface area contributed by atoms with Gasteiger partial charge in [-0.25, -0.2) is 9.59 Å². The van der Waals surface area contributed by atoms with Gasteiger partial charge in [-0.05, 0) is 48.2 Å². The van der Waals surface area contributed by atoms with Crippen molar-refractivity contribution in [1.29, 1.82) is 0 Å². The summed E-state index contributed by atoms with van der Waals surface area (Å²) in [4.78, 5) is 40.6. The molecule has 0 unspecified atom stereocenters. The number of amides is 2. The summed E-state index contributed by atoms with van der Waals surface area (Å²) < 4.78 is 16.1. The van der Waals surface area contributed by atoms with Gasteiger partial charge in [0.15, 0.2) is 0 Å². The van der Waals surface area contributed by atoms with Crippen LogP contribution in [0.5, 0.6) is 11.5 Å². The highest BCUT2D eigenvalue weighted by Crippen LogP contribution is 2.21. The van der Waals surface area contributed by atoms with Crippen LogP contribution in [0.2, 0.25) is 0 Å². The highest BCUT2D eigenvalue weighted by molar-refractivity contribution is 5.90. The molecule has 8 nitrogen and oxygen atoms in total. The van der Waals surface area contributed by atoms with Crippen molar-refractivity contribution in [2.75, 3.05) is 13.7 Å². The first kappa shape index (κ1) is 25.8. The number of carbonyl (C=O) groups excluding carboxylic acids is 3. The van der Waals surface area contributed by atoms with Crippen molar-refractivity contribution in [2.24, 2.45) is 0 Å². The quantitative estimate of drug-likeness (QED) is 0.349. The molecule has 2 atom stereocenters. The molecule has 1 aliphatic rings. The lowest BCUT2D eigenvalue weighted by Gasteiger charge is -2.25. The summed E-state index contributed by atoms with van der Waals surface area (Å²) in [5.74, 6) is -0.0418. The number of hydrogen-bond acceptors (Lipinski definition) is 6. The Labute approximate surface area is 216 Å². The van der Waals surface area contributed by atoms with Gasteiger partial charge in [0.2, 0.25) is 5.91 Å². The van der Waals surface area contributed by atoms with Crippen LogP contribution in [0.25, 0.3) is 0 Å². The second-order valence-corrected chi connectivity index (χ2v) is 8.74. The maximum atomic E-state index is 13.3. The highest BCUT2D eigenvalue weighted by atomic mass is 16.6. The topological polar surface area (TPSA) is 94.2 Å². The molecule has 0 aliphatic carbocycles. The molecule has 0 saturated carbocycles. The Bertz CT molecular complexity index is 1180. The number of ether oxygens (including phenoxy) is 3. The van der Waals surface area contributed by atoms with Crippen molar-refractivity contribution in [2.45, 2.75) is 38.0 Å². The van der Waals surface area contributed by atoms with Gasteiger partial charge in [-0.3, -0.25) is 9.69 Å². The number of nitrogens with one attached hydrogen (secondary N) is 1. The monoisotopic (exact) mass is 502 g/mol. The average Bonchev–Trinajstić information content (AvgIpc) is 3.43. The number of benzene rings is 3. The zero-order valence-electron chi connectivity index (χ0n) is 20.7. The van der Waals surface area contributed by atoms with Crippen LogP contribution in [0.1, 0.15) is 24.0 Å². The van der Waals surface area contributed by atoms with Crippen molar-refractivity contribution in [1.82, 2.24) is 10.2 Å². The van der Waals surface area contributed by atoms with Gasteiger partial charge in [0, 0.05) is 13.0 Å². The number of rotatable bonds is 9. The van der Waals surface area contributed by atoms with E-state index in [9.17, 15) is 14.4 Å². The lowest BCUT2D eigenvalue weighted by molar-refractivity contribution is -0.140. The summed E-state index contributed by atoms with van der Waals surface area (Å²) in [7, 11) is 1.55. The molecule has 3 aromatic rings. The Morgan fingerprint density at radius 1 is 0.892 bits per heavy atom. The van der Waals surface area contributed by atoms with Crippen molar-refractivity contribution in [3.8, 4) is 11.5 Å². The first-order valence-electron chi connectivity index (χ1n) is 12.2. The molecule has 0 spiro atoms. The predicted molar refractivity (Wildman–Crippen MR) is 137 cm³/mol. The number of methoxy groups -OCH3 is 1. The molecular weight excluding hydrogens is 472 g/mol. The zero-order chi connectivity index (χ0) is 26.0. The molecule has 1 N–H and O–H groups in total. The summed E-state index contributed by atoms with van der Waals surface area (Å²) >= 11 is 0. The van der Waals surface area contributed by atoms with Gasteiger partial charge in [-0.1, -0.05) is 60.7 Å². The number of hydrogen-bond donors (Lipinski definition) is 1. The Kier molecular flexibility index (Phi) is 8.75. The molecule has 0 radical (unpaired) electrons. The van der Waals surface area contributed by atoms with E-state index >= 15 is 0 Å². The summed E-state index contributed by atoms with van der Waals surface area (Å²) in [6, 6.07) is 23.7. The molecule has 2 amide bonds. The van der Waals surface area contributed by atoms with Crippen molar-refractivity contribution < 1.29 is 28.6 Å². The first-order chi connectivity index (χ1) is 18.0. The second-order valence-electron chi connectivity index (χ2n) is 8.74. The van der Waals surface area contributed by atoms with Gasteiger partial charge in [-0.2, -0.15) is 0 Å². The van der Waals surface area contributed by atoms with Crippen LogP contribution < -0.4 is 14.8 Å². The summed E-state index contributed by atoms with van der Waals surface area (Å²) in [5, 5.41) is 2.82.